The summed E-state index contributed by atoms with van der Waals surface area (Å²) in [4.78, 5) is 31.6. The molecule has 2 aromatic rings. The molecule has 0 aromatic carbocycles. The monoisotopic (exact) mass is 304 g/mol. The molecule has 0 bridgehead atoms. The second-order valence-corrected chi connectivity index (χ2v) is 4.94. The molecule has 22 heavy (non-hydrogen) atoms. The van der Waals surface area contributed by atoms with Gasteiger partial charge < -0.3 is 25.2 Å². The van der Waals surface area contributed by atoms with Crippen molar-refractivity contribution in [3.8, 4) is 0 Å². The fraction of sp³-hybridized carbons (Fsp3) is 0.308. The number of rotatable bonds is 5. The van der Waals surface area contributed by atoms with E-state index in [1.165, 1.54) is 30.3 Å². The zero-order valence-corrected chi connectivity index (χ0v) is 12.3. The Bertz CT molecular complexity index is 700. The maximum atomic E-state index is 12.2. The van der Waals surface area contributed by atoms with Crippen LogP contribution >= 0.6 is 0 Å². The van der Waals surface area contributed by atoms with Crippen molar-refractivity contribution < 1.29 is 19.6 Å². The Labute approximate surface area is 127 Å². The summed E-state index contributed by atoms with van der Waals surface area (Å²) in [6, 6.07) is 1.50. The Balaban J connectivity index is 2.11. The van der Waals surface area contributed by atoms with Gasteiger partial charge in [0.2, 0.25) is 5.91 Å². The lowest BCUT2D eigenvalue weighted by Gasteiger charge is -2.14. The number of nitrogens with zero attached hydrogens (tertiary/aromatic N) is 2. The molecule has 0 aliphatic heterocycles. The Morgan fingerprint density at radius 1 is 1.45 bits per heavy atom. The van der Waals surface area contributed by atoms with Crippen molar-refractivity contribution in [1.29, 1.82) is 0 Å². The molecule has 0 radical (unpaired) electrons. The molecule has 116 valence electrons. The van der Waals surface area contributed by atoms with Crippen molar-refractivity contribution >= 4 is 35.4 Å². The van der Waals surface area contributed by atoms with Gasteiger partial charge in [0.05, 0.1) is 5.56 Å². The maximum Gasteiger partial charge on any atom is 0.490 e. The highest BCUT2D eigenvalue weighted by Gasteiger charge is 2.17. The van der Waals surface area contributed by atoms with E-state index in [2.05, 4.69) is 15.3 Å². The third-order valence-electron chi connectivity index (χ3n) is 3.37. The summed E-state index contributed by atoms with van der Waals surface area (Å²) in [5.74, 6) is -0.401. The number of amides is 2. The summed E-state index contributed by atoms with van der Waals surface area (Å²) in [7, 11) is 0.00544. The van der Waals surface area contributed by atoms with Crippen LogP contribution in [0.3, 0.4) is 0 Å². The van der Waals surface area contributed by atoms with E-state index in [1.54, 1.807) is 7.05 Å². The largest absolute Gasteiger partial charge is 0.490 e. The minimum atomic E-state index is -1.65. The smallest absolute Gasteiger partial charge is 0.423 e. The minimum Gasteiger partial charge on any atom is -0.423 e. The number of H-pyrrole nitrogens is 1. The summed E-state index contributed by atoms with van der Waals surface area (Å²) in [6.45, 7) is 2.18. The van der Waals surface area contributed by atoms with E-state index in [4.69, 9.17) is 0 Å². The molecular weight excluding hydrogens is 287 g/mol. The van der Waals surface area contributed by atoms with Gasteiger partial charge in [-0.1, -0.05) is 0 Å². The van der Waals surface area contributed by atoms with Gasteiger partial charge in [-0.3, -0.25) is 9.59 Å². The molecule has 0 unspecified atom stereocenters. The number of hydrogen-bond acceptors (Lipinski definition) is 5. The number of aromatic amines is 1. The summed E-state index contributed by atoms with van der Waals surface area (Å²) in [5.41, 5.74) is 1.04. The first-order chi connectivity index (χ1) is 10.4. The zero-order chi connectivity index (χ0) is 16.3. The lowest BCUT2D eigenvalue weighted by molar-refractivity contribution is -0.127. The van der Waals surface area contributed by atoms with E-state index < -0.39 is 7.12 Å². The van der Waals surface area contributed by atoms with Crippen LogP contribution < -0.4 is 10.8 Å². The van der Waals surface area contributed by atoms with E-state index in [-0.39, 0.29) is 17.3 Å². The molecule has 0 aliphatic carbocycles. The van der Waals surface area contributed by atoms with Crippen molar-refractivity contribution in [3.63, 3.8) is 0 Å². The highest BCUT2D eigenvalue weighted by Crippen LogP contribution is 2.14. The van der Waals surface area contributed by atoms with Crippen LogP contribution in [-0.4, -0.2) is 64.0 Å². The minimum absolute atomic E-state index is 0.0767. The van der Waals surface area contributed by atoms with Gasteiger partial charge in [0.1, 0.15) is 5.65 Å². The van der Waals surface area contributed by atoms with Crippen LogP contribution in [0.15, 0.2) is 18.5 Å². The fourth-order valence-electron chi connectivity index (χ4n) is 1.94. The van der Waals surface area contributed by atoms with Gasteiger partial charge >= 0.3 is 7.12 Å². The summed E-state index contributed by atoms with van der Waals surface area (Å²) < 4.78 is 0. The van der Waals surface area contributed by atoms with Crippen LogP contribution in [-0.2, 0) is 4.79 Å². The van der Waals surface area contributed by atoms with Crippen molar-refractivity contribution in [2.75, 3.05) is 20.1 Å². The van der Waals surface area contributed by atoms with Gasteiger partial charge in [-0.15, -0.1) is 0 Å². The topological polar surface area (TPSA) is 119 Å². The summed E-state index contributed by atoms with van der Waals surface area (Å²) >= 11 is 0. The molecule has 0 spiro atoms. The highest BCUT2D eigenvalue weighted by atomic mass is 16.4. The molecule has 0 fully saturated rings. The first-order valence-corrected chi connectivity index (χ1v) is 6.73. The number of pyridine rings is 1. The molecular formula is C13H17BN4O4. The van der Waals surface area contributed by atoms with Crippen molar-refractivity contribution in [3.05, 3.63) is 24.0 Å². The second kappa shape index (κ2) is 6.59. The maximum absolute atomic E-state index is 12.2. The predicted octanol–water partition coefficient (Wildman–Crippen LogP) is -1.55. The number of carbonyl (C=O) groups is 2. The SMILES string of the molecule is CC(=O)N(C)CCNC(=O)c1c[nH]c2ncc(B(O)O)cc12. The standard InChI is InChI=1S/C13H17BN4O4/c1-8(19)18(2)4-3-15-13(20)11-7-17-12-10(11)5-9(6-16-12)14(21)22/h5-7,21-22H,3-4H2,1-2H3,(H,15,20)(H,16,17). The fourth-order valence-corrected chi connectivity index (χ4v) is 1.94. The van der Waals surface area contributed by atoms with Crippen LogP contribution in [0.1, 0.15) is 17.3 Å². The molecule has 8 nitrogen and oxygen atoms in total. The van der Waals surface area contributed by atoms with Crippen molar-refractivity contribution in [2.45, 2.75) is 6.92 Å². The number of fused-ring (bicyclic) bond motifs is 1. The Morgan fingerprint density at radius 3 is 2.82 bits per heavy atom. The number of carbonyl (C=O) groups excluding carboxylic acids is 2. The first-order valence-electron chi connectivity index (χ1n) is 6.73. The lowest BCUT2D eigenvalue weighted by atomic mass is 9.81. The van der Waals surface area contributed by atoms with Gasteiger partial charge in [-0.2, -0.15) is 0 Å². The van der Waals surface area contributed by atoms with E-state index in [9.17, 15) is 19.6 Å². The molecule has 0 saturated carbocycles. The molecule has 9 heteroatoms. The normalized spacial score (nSPS) is 10.5. The third-order valence-corrected chi connectivity index (χ3v) is 3.37. The van der Waals surface area contributed by atoms with E-state index in [0.29, 0.717) is 29.7 Å². The van der Waals surface area contributed by atoms with E-state index in [1.807, 2.05) is 0 Å². The molecule has 2 heterocycles. The average molecular weight is 304 g/mol. The molecule has 4 N–H and O–H groups in total. The van der Waals surface area contributed by atoms with E-state index >= 15 is 0 Å². The highest BCUT2D eigenvalue weighted by molar-refractivity contribution is 6.58. The number of hydrogen-bond donors (Lipinski definition) is 4. The van der Waals surface area contributed by atoms with Gasteiger partial charge in [0.15, 0.2) is 0 Å². The second-order valence-electron chi connectivity index (χ2n) is 4.94. The molecule has 0 atom stereocenters. The van der Waals surface area contributed by atoms with E-state index in [0.717, 1.165) is 0 Å². The quantitative estimate of drug-likeness (QED) is 0.499. The Morgan fingerprint density at radius 2 is 2.18 bits per heavy atom. The molecule has 0 aliphatic rings. The van der Waals surface area contributed by atoms with Crippen LogP contribution in [0.4, 0.5) is 0 Å². The van der Waals surface area contributed by atoms with Gasteiger partial charge in [0, 0.05) is 50.3 Å². The molecule has 0 saturated heterocycles. The summed E-state index contributed by atoms with van der Waals surface area (Å²) in [6.07, 6.45) is 2.84. The Hall–Kier alpha value is -2.39. The molecule has 2 rings (SSSR count). The predicted molar refractivity (Wildman–Crippen MR) is 81.6 cm³/mol. The van der Waals surface area contributed by atoms with Crippen LogP contribution in [0.5, 0.6) is 0 Å². The van der Waals surface area contributed by atoms with Crippen molar-refractivity contribution in [1.82, 2.24) is 20.2 Å². The molecule has 2 aromatic heterocycles. The number of aromatic nitrogens is 2. The first kappa shape index (κ1) is 16.0. The van der Waals surface area contributed by atoms with Gasteiger partial charge in [-0.25, -0.2) is 4.98 Å². The van der Waals surface area contributed by atoms with Crippen molar-refractivity contribution in [2.24, 2.45) is 0 Å². The zero-order valence-electron chi connectivity index (χ0n) is 12.3. The van der Waals surface area contributed by atoms with Crippen LogP contribution in [0, 0.1) is 0 Å². The average Bonchev–Trinajstić information content (AvgIpc) is 2.89. The molecule has 2 amide bonds. The third kappa shape index (κ3) is 3.44. The lowest BCUT2D eigenvalue weighted by Crippen LogP contribution is -2.35. The summed E-state index contributed by atoms with van der Waals surface area (Å²) in [5, 5.41) is 21.6. The van der Waals surface area contributed by atoms with Gasteiger partial charge in [-0.05, 0) is 6.07 Å². The van der Waals surface area contributed by atoms with Crippen LogP contribution in [0.25, 0.3) is 11.0 Å². The number of likely N-dealkylation sites (N-methyl/N-ethyl adjacent to an activating group) is 1. The van der Waals surface area contributed by atoms with Crippen LogP contribution in [0.2, 0.25) is 0 Å². The van der Waals surface area contributed by atoms with Gasteiger partial charge in [0.25, 0.3) is 5.91 Å². The number of nitrogens with one attached hydrogen (secondary N) is 2. The Kier molecular flexibility index (Phi) is 4.79.